The van der Waals surface area contributed by atoms with Gasteiger partial charge in [-0.25, -0.2) is 13.2 Å². The molecule has 0 saturated heterocycles. The Hall–Kier alpha value is -4.34. The van der Waals surface area contributed by atoms with Crippen LogP contribution >= 0.6 is 0 Å². The van der Waals surface area contributed by atoms with E-state index in [4.69, 9.17) is 4.74 Å². The van der Waals surface area contributed by atoms with Crippen molar-refractivity contribution in [3.63, 3.8) is 0 Å². The van der Waals surface area contributed by atoms with Crippen molar-refractivity contribution >= 4 is 33.7 Å². The number of benzene rings is 1. The van der Waals surface area contributed by atoms with Gasteiger partial charge in [0.2, 0.25) is 21.8 Å². The maximum atomic E-state index is 14.5. The number of allylic oxidation sites excluding steroid dienone is 1. The number of nitrogens with zero attached hydrogens (tertiary/aromatic N) is 4. The van der Waals surface area contributed by atoms with Crippen LogP contribution in [-0.2, 0) is 24.4 Å². The van der Waals surface area contributed by atoms with Crippen LogP contribution in [0.5, 0.6) is 5.75 Å². The quantitative estimate of drug-likeness (QED) is 0.211. The van der Waals surface area contributed by atoms with E-state index >= 15 is 0 Å². The summed E-state index contributed by atoms with van der Waals surface area (Å²) in [7, 11) is -2.30. The van der Waals surface area contributed by atoms with E-state index in [0.717, 1.165) is 12.8 Å². The van der Waals surface area contributed by atoms with E-state index in [1.165, 1.54) is 4.80 Å². The summed E-state index contributed by atoms with van der Waals surface area (Å²) in [4.78, 5) is 56.6. The first-order chi connectivity index (χ1) is 23.6. The number of aromatic nitrogens is 4. The molecule has 4 N–H and O–H groups in total. The summed E-state index contributed by atoms with van der Waals surface area (Å²) in [6.07, 6.45) is 5.28. The number of hydrogen-bond donors (Lipinski definition) is 4. The Morgan fingerprint density at radius 2 is 1.76 bits per heavy atom. The van der Waals surface area contributed by atoms with Crippen LogP contribution in [0.4, 0.5) is 4.79 Å². The fourth-order valence-electron chi connectivity index (χ4n) is 6.85. The molecule has 1 aromatic carbocycles. The zero-order valence-corrected chi connectivity index (χ0v) is 29.7. The highest BCUT2D eigenvalue weighted by Gasteiger charge is 2.62. The molecule has 0 spiro atoms. The lowest BCUT2D eigenvalue weighted by Gasteiger charge is -2.33. The molecule has 1 heterocycles. The number of ether oxygens (including phenoxy) is 1. The number of amides is 4. The Balaban J connectivity index is 1.27. The van der Waals surface area contributed by atoms with Gasteiger partial charge >= 0.3 is 6.03 Å². The summed E-state index contributed by atoms with van der Waals surface area (Å²) >= 11 is 0. The van der Waals surface area contributed by atoms with Gasteiger partial charge < -0.3 is 20.7 Å². The third-order valence-electron chi connectivity index (χ3n) is 10.2. The maximum Gasteiger partial charge on any atom is 0.315 e. The minimum Gasteiger partial charge on any atom is -0.497 e. The molecule has 0 radical (unpaired) electrons. The number of urea groups is 1. The van der Waals surface area contributed by atoms with Gasteiger partial charge in [-0.15, -0.1) is 16.8 Å². The van der Waals surface area contributed by atoms with Crippen molar-refractivity contribution in [2.75, 3.05) is 7.11 Å². The van der Waals surface area contributed by atoms with Gasteiger partial charge in [0.25, 0.3) is 5.91 Å². The van der Waals surface area contributed by atoms with Crippen molar-refractivity contribution in [2.45, 2.75) is 101 Å². The molecule has 1 aromatic heterocycles. The van der Waals surface area contributed by atoms with Crippen LogP contribution in [0.25, 0.3) is 11.4 Å². The van der Waals surface area contributed by atoms with Crippen LogP contribution in [0.1, 0.15) is 78.2 Å². The second kappa shape index (κ2) is 13.4. The predicted octanol–water partition coefficient (Wildman–Crippen LogP) is 2.42. The van der Waals surface area contributed by atoms with E-state index in [0.29, 0.717) is 36.4 Å². The smallest absolute Gasteiger partial charge is 0.315 e. The summed E-state index contributed by atoms with van der Waals surface area (Å²) in [6.45, 7) is 9.29. The number of methoxy groups -OCH3 is 1. The fourth-order valence-corrected chi connectivity index (χ4v) is 8.22. The molecule has 4 saturated carbocycles. The largest absolute Gasteiger partial charge is 0.497 e. The topological polar surface area (TPSA) is 203 Å². The first-order valence-corrected chi connectivity index (χ1v) is 18.7. The molecule has 2 aromatic rings. The van der Waals surface area contributed by atoms with Gasteiger partial charge in [-0.2, -0.15) is 4.80 Å². The molecule has 16 heteroatoms. The molecule has 0 aliphatic heterocycles. The first-order valence-electron chi connectivity index (χ1n) is 17.2. The van der Waals surface area contributed by atoms with E-state index < -0.39 is 68.0 Å². The Bertz CT molecular complexity index is 1760. The monoisotopic (exact) mass is 710 g/mol. The second-order valence-corrected chi connectivity index (χ2v) is 17.1. The minimum absolute atomic E-state index is 0.0755. The van der Waals surface area contributed by atoms with Crippen molar-refractivity contribution < 1.29 is 32.3 Å². The molecule has 270 valence electrons. The van der Waals surface area contributed by atoms with Crippen molar-refractivity contribution in [1.82, 2.24) is 40.9 Å². The van der Waals surface area contributed by atoms with Gasteiger partial charge in [0, 0.05) is 23.4 Å². The molecule has 4 aliphatic carbocycles. The van der Waals surface area contributed by atoms with Crippen LogP contribution in [0.3, 0.4) is 0 Å². The molecular formula is C34H46N8O7S. The highest BCUT2D eigenvalue weighted by atomic mass is 32.2. The Morgan fingerprint density at radius 3 is 2.36 bits per heavy atom. The number of rotatable bonds is 14. The maximum absolute atomic E-state index is 14.5. The summed E-state index contributed by atoms with van der Waals surface area (Å²) in [5.74, 6) is -2.81. The van der Waals surface area contributed by atoms with E-state index in [1.807, 2.05) is 20.8 Å². The number of nitrogens with one attached hydrogen (secondary N) is 4. The lowest BCUT2D eigenvalue weighted by Crippen LogP contribution is -2.56. The van der Waals surface area contributed by atoms with Crippen LogP contribution < -0.4 is 25.4 Å². The van der Waals surface area contributed by atoms with E-state index in [-0.39, 0.29) is 37.0 Å². The summed E-state index contributed by atoms with van der Waals surface area (Å²) < 4.78 is 32.9. The average molecular weight is 711 g/mol. The van der Waals surface area contributed by atoms with Crippen LogP contribution in [0.2, 0.25) is 0 Å². The predicted molar refractivity (Wildman–Crippen MR) is 182 cm³/mol. The first kappa shape index (κ1) is 35.5. The highest BCUT2D eigenvalue weighted by molar-refractivity contribution is 7.91. The Kier molecular flexibility index (Phi) is 9.52. The third-order valence-corrected chi connectivity index (χ3v) is 12.0. The van der Waals surface area contributed by atoms with Gasteiger partial charge in [0.15, 0.2) is 5.78 Å². The van der Waals surface area contributed by atoms with E-state index in [9.17, 15) is 27.6 Å². The standard InChI is InChI=1S/C34H46N8O7S/c1-6-7-20-18-34(20,31(45)40-50(47,48)24-14-15-24)37-30(44)26-17-22(42-39-29(38-41-42)19-8-12-23(49-5)13-9-19)16-25(26)27(43)28(33(2,3)4)36-32(46)35-21-10-11-21/h6,8-9,12-13,20-22,24-26,28H,1,7,10-11,14-18H2,2-5H3,(H,37,44)(H,40,45)(H2,35,36,46)/t20-,22+,25?,26-,28?,34+/m1/s1. The molecule has 6 atom stereocenters. The van der Waals surface area contributed by atoms with Crippen molar-refractivity contribution in [3.05, 3.63) is 36.9 Å². The van der Waals surface area contributed by atoms with Gasteiger partial charge in [-0.1, -0.05) is 26.8 Å². The average Bonchev–Trinajstić information content (AvgIpc) is 4.02. The van der Waals surface area contributed by atoms with Crippen LogP contribution in [0, 0.1) is 23.2 Å². The zero-order valence-electron chi connectivity index (χ0n) is 28.8. The number of carbonyl (C=O) groups excluding carboxylic acids is 4. The number of ketones is 1. The zero-order chi connectivity index (χ0) is 36.0. The van der Waals surface area contributed by atoms with Gasteiger partial charge in [-0.05, 0) is 92.2 Å². The number of sulfonamides is 1. The molecule has 4 aliphatic rings. The molecule has 4 amide bonds. The minimum atomic E-state index is -3.87. The second-order valence-electron chi connectivity index (χ2n) is 15.2. The summed E-state index contributed by atoms with van der Waals surface area (Å²) in [5.41, 5.74) is -1.46. The fraction of sp³-hybridized carbons (Fsp3) is 0.618. The molecule has 2 unspecified atom stereocenters. The van der Waals surface area contributed by atoms with Gasteiger partial charge in [-0.3, -0.25) is 19.1 Å². The van der Waals surface area contributed by atoms with Crippen LogP contribution in [0.15, 0.2) is 36.9 Å². The molecule has 6 rings (SSSR count). The molecule has 15 nitrogen and oxygen atoms in total. The number of hydrogen-bond acceptors (Lipinski definition) is 10. The van der Waals surface area contributed by atoms with Gasteiger partial charge in [0.1, 0.15) is 11.3 Å². The van der Waals surface area contributed by atoms with Crippen molar-refractivity contribution in [1.29, 1.82) is 0 Å². The number of tetrazole rings is 1. The van der Waals surface area contributed by atoms with Crippen LogP contribution in [-0.4, -0.2) is 82.2 Å². The van der Waals surface area contributed by atoms with E-state index in [1.54, 1.807) is 37.5 Å². The summed E-state index contributed by atoms with van der Waals surface area (Å²) in [6, 6.07) is 5.33. The SMILES string of the molecule is C=CC[C@@H]1C[C@@]1(NC(=O)[C@@H]1C[C@@H](n2nnc(-c3ccc(OC)cc3)n2)CC1C(=O)C(NC(=O)NC1CC1)C(C)(C)C)C(=O)NS(=O)(=O)C1CC1. The van der Waals surface area contributed by atoms with Crippen molar-refractivity contribution in [3.8, 4) is 17.1 Å². The van der Waals surface area contributed by atoms with E-state index in [2.05, 4.69) is 42.7 Å². The lowest BCUT2D eigenvalue weighted by molar-refractivity contribution is -0.136. The highest BCUT2D eigenvalue weighted by Crippen LogP contribution is 2.49. The number of Topliss-reactive ketones (excluding diaryl/α,β-unsaturated/α-hetero) is 1. The Morgan fingerprint density at radius 1 is 1.08 bits per heavy atom. The normalized spacial score (nSPS) is 26.7. The number of carbonyl (C=O) groups is 4. The molecule has 4 fully saturated rings. The van der Waals surface area contributed by atoms with Gasteiger partial charge in [0.05, 0.1) is 24.4 Å². The molecular weight excluding hydrogens is 664 g/mol. The summed E-state index contributed by atoms with van der Waals surface area (Å²) in [5, 5.41) is 21.1. The Labute approximate surface area is 291 Å². The molecule has 50 heavy (non-hydrogen) atoms. The lowest BCUT2D eigenvalue weighted by atomic mass is 9.77. The molecule has 0 bridgehead atoms. The third kappa shape index (κ3) is 7.54. The van der Waals surface area contributed by atoms with Crippen molar-refractivity contribution in [2.24, 2.45) is 23.2 Å².